The largest absolute Gasteiger partial charge is 0.464 e. The summed E-state index contributed by atoms with van der Waals surface area (Å²) in [5.74, 6) is 0. The van der Waals surface area contributed by atoms with Gasteiger partial charge in [-0.05, 0) is 12.1 Å². The average Bonchev–Trinajstić information content (AvgIpc) is 2.06. The highest BCUT2D eigenvalue weighted by atomic mass is 35.5. The zero-order valence-electron chi connectivity index (χ0n) is 5.51. The first kappa shape index (κ1) is 8.91. The van der Waals surface area contributed by atoms with Crippen molar-refractivity contribution in [3.63, 3.8) is 0 Å². The topological polar surface area (TPSA) is 49.7 Å². The number of halogens is 1. The Morgan fingerprint density at radius 3 is 2.18 bits per heavy atom. The van der Waals surface area contributed by atoms with Crippen molar-refractivity contribution >= 4 is 25.1 Å². The quantitative estimate of drug-likeness (QED) is 0.695. The summed E-state index contributed by atoms with van der Waals surface area (Å²) in [6.07, 6.45) is 0. The van der Waals surface area contributed by atoms with Gasteiger partial charge in [-0.3, -0.25) is 0 Å². The van der Waals surface area contributed by atoms with Crippen LogP contribution in [0.2, 0.25) is 0 Å². The molecule has 0 aliphatic heterocycles. The smallest absolute Gasteiger partial charge is 0.187 e. The van der Waals surface area contributed by atoms with Crippen LogP contribution in [0.15, 0.2) is 30.3 Å². The first-order valence-corrected chi connectivity index (χ1v) is 4.79. The van der Waals surface area contributed by atoms with Gasteiger partial charge in [0.25, 0.3) is 0 Å². The van der Waals surface area contributed by atoms with Crippen molar-refractivity contribution < 1.29 is 13.9 Å². The van der Waals surface area contributed by atoms with Gasteiger partial charge in [0.2, 0.25) is 0 Å². The van der Waals surface area contributed by atoms with Crippen LogP contribution in [-0.2, 0) is 4.08 Å². The molecule has 0 spiro atoms. The molecule has 0 fully saturated rings. The number of rotatable bonds is 2. The highest BCUT2D eigenvalue weighted by molar-refractivity contribution is 7.68. The molecule has 0 aliphatic carbocycles. The molecule has 0 aromatic heterocycles. The van der Waals surface area contributed by atoms with Crippen molar-refractivity contribution in [2.45, 2.75) is 0 Å². The summed E-state index contributed by atoms with van der Waals surface area (Å²) in [6, 6.07) is 8.18. The van der Waals surface area contributed by atoms with Gasteiger partial charge in [-0.1, -0.05) is 22.3 Å². The van der Waals surface area contributed by atoms with Crippen LogP contribution in [0.1, 0.15) is 0 Å². The lowest BCUT2D eigenvalue weighted by Gasteiger charge is -2.03. The van der Waals surface area contributed by atoms with E-state index in [1.54, 1.807) is 18.2 Å². The summed E-state index contributed by atoms with van der Waals surface area (Å²) in [4.78, 5) is 18.2. The summed E-state index contributed by atoms with van der Waals surface area (Å²) in [5.41, 5.74) is 0. The third kappa shape index (κ3) is 2.12. The molecule has 3 nitrogen and oxygen atoms in total. The van der Waals surface area contributed by atoms with Gasteiger partial charge in [0, 0.05) is 0 Å². The minimum absolute atomic E-state index is 0.301. The Hall–Kier alpha value is -0.180. The average molecular weight is 194 g/mol. The van der Waals surface area contributed by atoms with Crippen LogP contribution in [0.4, 0.5) is 0 Å². The summed E-state index contributed by atoms with van der Waals surface area (Å²) >= 11 is 4.88. The van der Waals surface area contributed by atoms with E-state index in [0.717, 1.165) is 0 Å². The molecule has 0 radical (unpaired) electrons. The molecular formula is C6H7ClO3P+. The highest BCUT2D eigenvalue weighted by Gasteiger charge is 2.39. The fourth-order valence-electron chi connectivity index (χ4n) is 0.662. The maximum atomic E-state index is 9.11. The molecule has 0 aliphatic rings. The van der Waals surface area contributed by atoms with E-state index in [2.05, 4.69) is 4.08 Å². The molecule has 5 heteroatoms. The first-order chi connectivity index (χ1) is 5.17. The van der Waals surface area contributed by atoms with E-state index in [1.807, 2.05) is 0 Å². The number of benzene rings is 1. The Kier molecular flexibility index (Phi) is 2.82. The maximum absolute atomic E-state index is 9.11. The van der Waals surface area contributed by atoms with E-state index in [4.69, 9.17) is 21.7 Å². The lowest BCUT2D eigenvalue weighted by atomic mass is 10.4. The molecule has 0 bridgehead atoms. The van der Waals surface area contributed by atoms with Crippen molar-refractivity contribution in [3.05, 3.63) is 30.3 Å². The Morgan fingerprint density at radius 1 is 1.18 bits per heavy atom. The standard InChI is InChI=1S/C6H7ClO3P/c7-10-11(8,9)6-4-2-1-3-5-6/h1-5,8-9H/q+1. The van der Waals surface area contributed by atoms with Gasteiger partial charge in [0.05, 0.1) is 0 Å². The molecule has 0 atom stereocenters. The maximum Gasteiger partial charge on any atom is 0.464 e. The molecule has 0 saturated carbocycles. The molecule has 2 N–H and O–H groups in total. The zero-order valence-corrected chi connectivity index (χ0v) is 7.16. The third-order valence-electron chi connectivity index (χ3n) is 1.19. The molecule has 0 amide bonds. The summed E-state index contributed by atoms with van der Waals surface area (Å²) in [5, 5.41) is 0.301. The molecule has 1 aromatic carbocycles. The van der Waals surface area contributed by atoms with E-state index in [1.165, 1.54) is 12.1 Å². The molecule has 0 saturated heterocycles. The van der Waals surface area contributed by atoms with Gasteiger partial charge in [-0.25, -0.2) is 0 Å². The van der Waals surface area contributed by atoms with Gasteiger partial charge in [0.1, 0.15) is 11.9 Å². The molecular weight excluding hydrogens is 186 g/mol. The highest BCUT2D eigenvalue weighted by Crippen LogP contribution is 2.50. The van der Waals surface area contributed by atoms with Crippen LogP contribution in [0.25, 0.3) is 0 Å². The Bertz CT molecular complexity index is 227. The fourth-order valence-corrected chi connectivity index (χ4v) is 1.54. The minimum atomic E-state index is -3.51. The van der Waals surface area contributed by atoms with Crippen molar-refractivity contribution in [1.82, 2.24) is 0 Å². The van der Waals surface area contributed by atoms with Gasteiger partial charge in [-0.15, -0.1) is 0 Å². The lowest BCUT2D eigenvalue weighted by molar-refractivity contribution is 0.368. The van der Waals surface area contributed by atoms with Crippen LogP contribution in [0.5, 0.6) is 0 Å². The number of hydrogen-bond donors (Lipinski definition) is 2. The SMILES string of the molecule is O[P+](O)(OCl)c1ccccc1. The summed E-state index contributed by atoms with van der Waals surface area (Å²) in [6.45, 7) is 0. The normalized spacial score (nSPS) is 11.5. The predicted molar refractivity (Wildman–Crippen MR) is 44.4 cm³/mol. The second-order valence-electron chi connectivity index (χ2n) is 1.95. The van der Waals surface area contributed by atoms with E-state index in [0.29, 0.717) is 5.30 Å². The van der Waals surface area contributed by atoms with E-state index < -0.39 is 7.94 Å². The van der Waals surface area contributed by atoms with E-state index in [9.17, 15) is 0 Å². The van der Waals surface area contributed by atoms with Gasteiger partial charge < -0.3 is 0 Å². The van der Waals surface area contributed by atoms with Crippen LogP contribution >= 0.6 is 19.8 Å². The molecule has 0 heterocycles. The van der Waals surface area contributed by atoms with Crippen LogP contribution < -0.4 is 5.30 Å². The molecule has 1 rings (SSSR count). The Morgan fingerprint density at radius 2 is 1.73 bits per heavy atom. The minimum Gasteiger partial charge on any atom is -0.187 e. The third-order valence-corrected chi connectivity index (χ3v) is 2.93. The lowest BCUT2D eigenvalue weighted by Crippen LogP contribution is -2.08. The van der Waals surface area contributed by atoms with Gasteiger partial charge in [0.15, 0.2) is 5.30 Å². The Labute approximate surface area is 70.0 Å². The fraction of sp³-hybridized carbons (Fsp3) is 0. The molecule has 0 unspecified atom stereocenters. The van der Waals surface area contributed by atoms with Crippen LogP contribution in [-0.4, -0.2) is 9.79 Å². The van der Waals surface area contributed by atoms with E-state index in [-0.39, 0.29) is 0 Å². The van der Waals surface area contributed by atoms with Crippen molar-refractivity contribution in [2.75, 3.05) is 0 Å². The monoisotopic (exact) mass is 193 g/mol. The number of hydrogen-bond acceptors (Lipinski definition) is 3. The summed E-state index contributed by atoms with van der Waals surface area (Å²) in [7, 11) is -3.51. The van der Waals surface area contributed by atoms with Gasteiger partial charge >= 0.3 is 7.94 Å². The second-order valence-corrected chi connectivity index (χ2v) is 4.11. The van der Waals surface area contributed by atoms with Crippen molar-refractivity contribution in [3.8, 4) is 0 Å². The Balaban J connectivity index is 2.93. The van der Waals surface area contributed by atoms with Crippen molar-refractivity contribution in [1.29, 1.82) is 0 Å². The molecule has 11 heavy (non-hydrogen) atoms. The second kappa shape index (κ2) is 3.48. The van der Waals surface area contributed by atoms with Crippen LogP contribution in [0.3, 0.4) is 0 Å². The zero-order chi connectivity index (χ0) is 8.32. The summed E-state index contributed by atoms with van der Waals surface area (Å²) < 4.78 is 4.02. The van der Waals surface area contributed by atoms with Gasteiger partial charge in [-0.2, -0.15) is 9.79 Å². The predicted octanol–water partition coefficient (Wildman–Crippen LogP) is 1.23. The van der Waals surface area contributed by atoms with E-state index >= 15 is 0 Å². The first-order valence-electron chi connectivity index (χ1n) is 2.87. The van der Waals surface area contributed by atoms with Crippen molar-refractivity contribution in [2.24, 2.45) is 0 Å². The molecule has 60 valence electrons. The van der Waals surface area contributed by atoms with Crippen LogP contribution in [0, 0.1) is 0 Å². The molecule has 1 aromatic rings.